The van der Waals surface area contributed by atoms with Gasteiger partial charge in [-0.1, -0.05) is 0 Å². The maximum atomic E-state index is 10.3. The normalized spacial score (nSPS) is 15.0. The van der Waals surface area contributed by atoms with Crippen molar-refractivity contribution < 1.29 is 26.3 Å². The van der Waals surface area contributed by atoms with Crippen LogP contribution < -0.4 is 0 Å². The summed E-state index contributed by atoms with van der Waals surface area (Å²) in [6, 6.07) is 0. The quantitative estimate of drug-likeness (QED) is 0.372. The minimum Gasteiger partial charge on any atom is -0.305 e. The van der Waals surface area contributed by atoms with E-state index >= 15 is 0 Å². The molecule has 3 radical (unpaired) electrons. The third kappa shape index (κ3) is 19.6. The maximum Gasteiger partial charge on any atom is 0.167 e. The topological polar surface area (TPSA) is 115 Å². The Labute approximate surface area is 168 Å². The van der Waals surface area contributed by atoms with Crippen LogP contribution in [-0.2, 0) is 33.2 Å². The molecule has 0 heterocycles. The van der Waals surface area contributed by atoms with Crippen LogP contribution in [0.15, 0.2) is 0 Å². The Kier molecular flexibility index (Phi) is 28.2. The molecular weight excluding hydrogens is 311 g/mol. The summed E-state index contributed by atoms with van der Waals surface area (Å²) in [7, 11) is 0. The summed E-state index contributed by atoms with van der Waals surface area (Å²) in [5.41, 5.74) is 0. The first-order chi connectivity index (χ1) is 5.91. The van der Waals surface area contributed by atoms with Crippen molar-refractivity contribution in [3.8, 4) is 0 Å². The van der Waals surface area contributed by atoms with Crippen molar-refractivity contribution in [3.63, 3.8) is 0 Å². The van der Waals surface area contributed by atoms with Gasteiger partial charge in [0.15, 0.2) is 33.2 Å². The van der Waals surface area contributed by atoms with Gasteiger partial charge < -0.3 is 13.7 Å². The minimum atomic E-state index is -2.19. The van der Waals surface area contributed by atoms with Gasteiger partial charge in [-0.3, -0.25) is 4.90 Å². The molecule has 0 fully saturated rings. The molecule has 0 saturated heterocycles. The minimum absolute atomic E-state index is 0. The second kappa shape index (κ2) is 16.3. The Bertz CT molecular complexity index is 204. The van der Waals surface area contributed by atoms with Crippen LogP contribution in [0.5, 0.6) is 0 Å². The smallest absolute Gasteiger partial charge is 0.167 e. The second-order valence-corrected chi connectivity index (χ2v) is 4.73. The predicted molar refractivity (Wildman–Crippen MR) is 66.0 cm³/mol. The summed E-state index contributed by atoms with van der Waals surface area (Å²) >= 11 is -6.58. The van der Waals surface area contributed by atoms with E-state index in [2.05, 4.69) is 0 Å². The van der Waals surface area contributed by atoms with E-state index in [1.807, 2.05) is 0 Å². The predicted octanol–water partition coefficient (Wildman–Crippen LogP) is -2.32. The van der Waals surface area contributed by atoms with Crippen molar-refractivity contribution >= 4 is 122 Å². The molecule has 3 unspecified atom stereocenters. The summed E-state index contributed by atoms with van der Waals surface area (Å²) in [4.78, 5) is 0.947. The van der Waals surface area contributed by atoms with Crippen molar-refractivity contribution in [3.05, 3.63) is 0 Å². The molecule has 0 rings (SSSR count). The fourth-order valence-electron chi connectivity index (χ4n) is 0.580. The molecule has 0 bridgehead atoms. The molecule has 0 aromatic heterocycles. The molecule has 0 spiro atoms. The van der Waals surface area contributed by atoms with Gasteiger partial charge in [0.1, 0.15) is 17.6 Å². The van der Waals surface area contributed by atoms with Gasteiger partial charge >= 0.3 is 0 Å². The van der Waals surface area contributed by atoms with Crippen LogP contribution in [0.3, 0.4) is 0 Å². The Hall–Kier alpha value is 3.29. The Morgan fingerprint density at radius 3 is 1.00 bits per heavy atom. The average molecular weight is 320 g/mol. The fraction of sp³-hybridized carbons (Fsp3) is 1.00. The second-order valence-electron chi connectivity index (χ2n) is 2.02. The van der Waals surface area contributed by atoms with E-state index in [0.29, 0.717) is 0 Å². The Balaban J connectivity index is -0.000000240. The third-order valence-corrected chi connectivity index (χ3v) is 2.64. The zero-order valence-electron chi connectivity index (χ0n) is 9.36. The summed E-state index contributed by atoms with van der Waals surface area (Å²) < 4.78 is 56.1. The van der Waals surface area contributed by atoms with Gasteiger partial charge in [-0.15, -0.1) is 0 Å². The van der Waals surface area contributed by atoms with Crippen LogP contribution in [0.4, 0.5) is 0 Å². The van der Waals surface area contributed by atoms with Gasteiger partial charge in [-0.25, -0.2) is 12.6 Å². The zero-order valence-corrected chi connectivity index (χ0v) is 17.8. The molecule has 16 heavy (non-hydrogen) atoms. The van der Waals surface area contributed by atoms with Crippen molar-refractivity contribution in [1.29, 1.82) is 0 Å². The largest absolute Gasteiger partial charge is 0.305 e. The van der Waals surface area contributed by atoms with E-state index < -0.39 is 50.9 Å². The van der Waals surface area contributed by atoms with E-state index in [4.69, 9.17) is 13.7 Å². The molecule has 0 aromatic rings. The number of rotatable bonds is 6. The van der Waals surface area contributed by atoms with E-state index in [9.17, 15) is 12.6 Å². The Morgan fingerprint density at radius 2 is 0.875 bits per heavy atom. The molecule has 0 aliphatic heterocycles. The molecular formula is C3H9NNa3O6S3. The van der Waals surface area contributed by atoms with Gasteiger partial charge in [-0.2, -0.15) is 0 Å². The van der Waals surface area contributed by atoms with E-state index in [0.717, 1.165) is 4.90 Å². The molecule has 0 aliphatic rings. The van der Waals surface area contributed by atoms with Crippen LogP contribution in [0, 0.1) is 0 Å². The third-order valence-electron chi connectivity index (χ3n) is 0.879. The van der Waals surface area contributed by atoms with Gasteiger partial charge in [-0.05, 0) is 0 Å². The van der Waals surface area contributed by atoms with Crippen LogP contribution in [0.25, 0.3) is 0 Å². The summed E-state index contributed by atoms with van der Waals surface area (Å²) in [5.74, 6) is -1.30. The first kappa shape index (κ1) is 27.6. The SMILES string of the molecule is O=S(O)CN(CS(=O)O)CS(=O)O.[Na].[Na].[Na]. The average Bonchev–Trinajstić information content (AvgIpc) is 1.80. The summed E-state index contributed by atoms with van der Waals surface area (Å²) in [6.45, 7) is 0. The zero-order chi connectivity index (χ0) is 10.4. The van der Waals surface area contributed by atoms with Crippen LogP contribution >= 0.6 is 0 Å². The van der Waals surface area contributed by atoms with E-state index in [1.165, 1.54) is 0 Å². The first-order valence-corrected chi connectivity index (χ1v) is 6.69. The van der Waals surface area contributed by atoms with E-state index in [1.54, 1.807) is 0 Å². The molecule has 0 amide bonds. The van der Waals surface area contributed by atoms with E-state index in [-0.39, 0.29) is 88.7 Å². The fourth-order valence-corrected chi connectivity index (χ4v) is 2.41. The molecule has 0 aliphatic carbocycles. The van der Waals surface area contributed by atoms with Gasteiger partial charge in [0.25, 0.3) is 0 Å². The van der Waals surface area contributed by atoms with Crippen LogP contribution in [-0.4, -0.2) is 137 Å². The molecule has 0 aromatic carbocycles. The number of hydrogen-bond acceptors (Lipinski definition) is 4. The molecule has 7 nitrogen and oxygen atoms in total. The van der Waals surface area contributed by atoms with Crippen molar-refractivity contribution in [2.24, 2.45) is 0 Å². The first-order valence-electron chi connectivity index (χ1n) is 2.86. The van der Waals surface area contributed by atoms with Crippen molar-refractivity contribution in [1.82, 2.24) is 4.90 Å². The molecule has 13 heteroatoms. The Morgan fingerprint density at radius 1 is 0.688 bits per heavy atom. The molecule has 83 valence electrons. The number of nitrogens with zero attached hydrogens (tertiary/aromatic N) is 1. The van der Waals surface area contributed by atoms with Gasteiger partial charge in [0.2, 0.25) is 0 Å². The molecule has 3 atom stereocenters. The number of hydrogen-bond donors (Lipinski definition) is 3. The summed E-state index contributed by atoms with van der Waals surface area (Å²) in [6.07, 6.45) is 0. The van der Waals surface area contributed by atoms with Crippen molar-refractivity contribution in [2.45, 2.75) is 0 Å². The van der Waals surface area contributed by atoms with Crippen LogP contribution in [0.2, 0.25) is 0 Å². The van der Waals surface area contributed by atoms with Crippen molar-refractivity contribution in [2.75, 3.05) is 17.6 Å². The van der Waals surface area contributed by atoms with Gasteiger partial charge in [0, 0.05) is 88.7 Å². The standard InChI is InChI=1S/C3H9NO6S3.3Na/c5-11(6)1-4(2-12(7)8)3-13(9)10;;;/h1-3H2,(H,5,6)(H,7,8)(H,9,10);;;. The molecule has 0 saturated carbocycles. The van der Waals surface area contributed by atoms with Gasteiger partial charge in [0.05, 0.1) is 0 Å². The summed E-state index contributed by atoms with van der Waals surface area (Å²) in [5, 5.41) is 0. The molecule has 3 N–H and O–H groups in total. The monoisotopic (exact) mass is 320 g/mol. The maximum absolute atomic E-state index is 10.3. The van der Waals surface area contributed by atoms with Crippen LogP contribution in [0.1, 0.15) is 0 Å².